The van der Waals surface area contributed by atoms with E-state index in [0.29, 0.717) is 13.0 Å². The Kier molecular flexibility index (Phi) is 5.67. The lowest BCUT2D eigenvalue weighted by Gasteiger charge is -2.46. The molecule has 0 amide bonds. The number of piperidine rings is 1. The highest BCUT2D eigenvalue weighted by atomic mass is 16.5. The number of aliphatic hydroxyl groups excluding tert-OH is 2. The van der Waals surface area contributed by atoms with Crippen LogP contribution in [0.4, 0.5) is 0 Å². The Morgan fingerprint density at radius 1 is 1.10 bits per heavy atom. The molecule has 0 bridgehead atoms. The van der Waals surface area contributed by atoms with Crippen molar-refractivity contribution >= 4 is 0 Å². The van der Waals surface area contributed by atoms with Crippen molar-refractivity contribution in [3.63, 3.8) is 0 Å². The minimum absolute atomic E-state index is 0.341. The lowest BCUT2D eigenvalue weighted by atomic mass is 9.81. The number of hydrogen-bond donors (Lipinski definition) is 2. The summed E-state index contributed by atoms with van der Waals surface area (Å²) >= 11 is 0. The van der Waals surface area contributed by atoms with Gasteiger partial charge in [-0.2, -0.15) is 0 Å². The first kappa shape index (κ1) is 20.8. The summed E-state index contributed by atoms with van der Waals surface area (Å²) in [5, 5.41) is 21.6. The molecule has 5 nitrogen and oxygen atoms in total. The molecule has 166 valence electrons. The molecule has 2 aliphatic heterocycles. The summed E-state index contributed by atoms with van der Waals surface area (Å²) < 4.78 is 11.8. The number of β-amino-alcohol motifs (C(OH)–C–C–N with tert-alkyl or cyclic N) is 1. The van der Waals surface area contributed by atoms with Crippen molar-refractivity contribution in [2.24, 2.45) is 0 Å². The molecule has 5 heteroatoms. The van der Waals surface area contributed by atoms with Gasteiger partial charge in [0.25, 0.3) is 0 Å². The summed E-state index contributed by atoms with van der Waals surface area (Å²) in [6.07, 6.45) is 6.16. The molecule has 0 saturated carbocycles. The fraction of sp³-hybridized carbons (Fsp3) is 0.538. The number of benzene rings is 2. The minimum atomic E-state index is -0.512. The summed E-state index contributed by atoms with van der Waals surface area (Å²) in [6, 6.07) is 12.2. The van der Waals surface area contributed by atoms with E-state index in [2.05, 4.69) is 23.1 Å². The van der Waals surface area contributed by atoms with Gasteiger partial charge in [-0.25, -0.2) is 0 Å². The average Bonchev–Trinajstić information content (AvgIpc) is 2.80. The quantitative estimate of drug-likeness (QED) is 0.780. The molecule has 1 fully saturated rings. The van der Waals surface area contributed by atoms with Gasteiger partial charge < -0.3 is 24.6 Å². The molecule has 1 saturated heterocycles. The fourth-order valence-electron chi connectivity index (χ4n) is 5.50. The van der Waals surface area contributed by atoms with E-state index in [9.17, 15) is 10.2 Å². The van der Waals surface area contributed by atoms with Gasteiger partial charge >= 0.3 is 0 Å². The molecule has 3 aliphatic rings. The zero-order valence-electron chi connectivity index (χ0n) is 18.3. The van der Waals surface area contributed by atoms with Crippen LogP contribution in [-0.4, -0.2) is 47.5 Å². The minimum Gasteiger partial charge on any atom is -0.497 e. The van der Waals surface area contributed by atoms with Crippen molar-refractivity contribution in [1.82, 2.24) is 4.90 Å². The number of nitrogens with zero attached hydrogens (tertiary/aromatic N) is 1. The Bertz CT molecular complexity index is 935. The second-order valence-corrected chi connectivity index (χ2v) is 9.46. The van der Waals surface area contributed by atoms with Crippen LogP contribution in [-0.2, 0) is 12.8 Å². The van der Waals surface area contributed by atoms with Gasteiger partial charge in [0.15, 0.2) is 0 Å². The number of hydrogen-bond acceptors (Lipinski definition) is 5. The molecular weight excluding hydrogens is 390 g/mol. The molecule has 0 radical (unpaired) electrons. The first-order valence-electron chi connectivity index (χ1n) is 11.6. The third-order valence-electron chi connectivity index (χ3n) is 7.43. The number of fused-ring (bicyclic) bond motifs is 2. The predicted molar refractivity (Wildman–Crippen MR) is 120 cm³/mol. The maximum atomic E-state index is 10.9. The Labute approximate surface area is 184 Å². The zero-order valence-corrected chi connectivity index (χ0v) is 18.3. The van der Waals surface area contributed by atoms with Crippen LogP contribution in [0.3, 0.4) is 0 Å². The van der Waals surface area contributed by atoms with Crippen LogP contribution >= 0.6 is 0 Å². The van der Waals surface area contributed by atoms with Gasteiger partial charge in [0, 0.05) is 37.7 Å². The van der Waals surface area contributed by atoms with Gasteiger partial charge in [0.05, 0.1) is 19.3 Å². The topological polar surface area (TPSA) is 62.2 Å². The Morgan fingerprint density at radius 3 is 2.65 bits per heavy atom. The van der Waals surface area contributed by atoms with Crippen molar-refractivity contribution in [3.05, 3.63) is 58.7 Å². The monoisotopic (exact) mass is 423 g/mol. The van der Waals surface area contributed by atoms with E-state index >= 15 is 0 Å². The standard InChI is InChI=1S/C26H33NO4/c1-30-21-8-9-22-23(28)16-26(31-25(22)15-21)10-12-27(13-11-26)17-24(29)20-7-6-18-4-2-3-5-19(18)14-20/h6-9,14-15,23-24,28-29H,2-5,10-13,16-17H2,1H3/t23-,24-/m1/s1. The van der Waals surface area contributed by atoms with Crippen LogP contribution in [0.5, 0.6) is 11.5 Å². The van der Waals surface area contributed by atoms with Gasteiger partial charge in [-0.1, -0.05) is 18.2 Å². The SMILES string of the molecule is COc1ccc2c(c1)OC1(CCN(C[C@@H](O)c3ccc4c(c3)CCCC4)CC1)C[C@H]2O. The number of aliphatic hydroxyl groups is 2. The van der Waals surface area contributed by atoms with Crippen molar-refractivity contribution in [1.29, 1.82) is 0 Å². The normalized spacial score (nSPS) is 23.5. The molecule has 1 spiro atoms. The lowest BCUT2D eigenvalue weighted by molar-refractivity contribution is -0.0588. The van der Waals surface area contributed by atoms with Crippen LogP contribution in [0.15, 0.2) is 36.4 Å². The smallest absolute Gasteiger partial charge is 0.129 e. The predicted octanol–water partition coefficient (Wildman–Crippen LogP) is 3.96. The van der Waals surface area contributed by atoms with Crippen LogP contribution in [0.2, 0.25) is 0 Å². The molecule has 2 heterocycles. The number of aryl methyl sites for hydroxylation is 2. The molecule has 0 aromatic heterocycles. The van der Waals surface area contributed by atoms with E-state index in [1.54, 1.807) is 7.11 Å². The molecule has 2 atom stereocenters. The van der Waals surface area contributed by atoms with Crippen molar-refractivity contribution in [2.75, 3.05) is 26.7 Å². The summed E-state index contributed by atoms with van der Waals surface area (Å²) in [6.45, 7) is 2.35. The second kappa shape index (κ2) is 8.45. The van der Waals surface area contributed by atoms with Crippen LogP contribution in [0.25, 0.3) is 0 Å². The van der Waals surface area contributed by atoms with Crippen molar-refractivity contribution in [3.8, 4) is 11.5 Å². The molecule has 2 aromatic carbocycles. The van der Waals surface area contributed by atoms with E-state index in [-0.39, 0.29) is 5.60 Å². The van der Waals surface area contributed by atoms with Gasteiger partial charge in [-0.3, -0.25) is 0 Å². The zero-order chi connectivity index (χ0) is 21.4. The third kappa shape index (κ3) is 4.19. The average molecular weight is 424 g/mol. The van der Waals surface area contributed by atoms with Crippen LogP contribution < -0.4 is 9.47 Å². The van der Waals surface area contributed by atoms with Crippen LogP contribution in [0, 0.1) is 0 Å². The highest BCUT2D eigenvalue weighted by molar-refractivity contribution is 5.44. The lowest BCUT2D eigenvalue weighted by Crippen LogP contribution is -2.51. The first-order valence-corrected chi connectivity index (χ1v) is 11.6. The Morgan fingerprint density at radius 2 is 1.87 bits per heavy atom. The highest BCUT2D eigenvalue weighted by Crippen LogP contribution is 2.45. The van der Waals surface area contributed by atoms with Gasteiger partial charge in [-0.15, -0.1) is 0 Å². The number of ether oxygens (including phenoxy) is 2. The van der Waals surface area contributed by atoms with Crippen LogP contribution in [0.1, 0.15) is 66.6 Å². The molecular formula is C26H33NO4. The summed E-state index contributed by atoms with van der Waals surface area (Å²) in [5.41, 5.74) is 4.40. The highest BCUT2D eigenvalue weighted by Gasteiger charge is 2.43. The van der Waals surface area contributed by atoms with E-state index in [0.717, 1.165) is 55.0 Å². The summed E-state index contributed by atoms with van der Waals surface area (Å²) in [4.78, 5) is 2.33. The third-order valence-corrected chi connectivity index (χ3v) is 7.43. The fourth-order valence-corrected chi connectivity index (χ4v) is 5.50. The summed E-state index contributed by atoms with van der Waals surface area (Å²) in [5.74, 6) is 1.48. The summed E-state index contributed by atoms with van der Waals surface area (Å²) in [7, 11) is 1.64. The molecule has 2 aromatic rings. The number of likely N-dealkylation sites (tertiary alicyclic amines) is 1. The molecule has 5 rings (SSSR count). The maximum Gasteiger partial charge on any atom is 0.129 e. The number of methoxy groups -OCH3 is 1. The van der Waals surface area contributed by atoms with E-state index < -0.39 is 12.2 Å². The van der Waals surface area contributed by atoms with Gasteiger partial charge in [0.1, 0.15) is 17.1 Å². The molecule has 0 unspecified atom stereocenters. The second-order valence-electron chi connectivity index (χ2n) is 9.46. The van der Waals surface area contributed by atoms with E-state index in [1.807, 2.05) is 18.2 Å². The van der Waals surface area contributed by atoms with Gasteiger partial charge in [-0.05, 0) is 67.3 Å². The largest absolute Gasteiger partial charge is 0.497 e. The van der Waals surface area contributed by atoms with Crippen molar-refractivity contribution < 1.29 is 19.7 Å². The molecule has 31 heavy (non-hydrogen) atoms. The molecule has 2 N–H and O–H groups in total. The first-order chi connectivity index (χ1) is 15.0. The molecule has 1 aliphatic carbocycles. The maximum absolute atomic E-state index is 10.9. The Balaban J connectivity index is 1.22. The number of rotatable bonds is 4. The van der Waals surface area contributed by atoms with E-state index in [1.165, 1.54) is 30.4 Å². The van der Waals surface area contributed by atoms with Crippen molar-refractivity contribution in [2.45, 2.75) is 62.8 Å². The van der Waals surface area contributed by atoms with E-state index in [4.69, 9.17) is 9.47 Å². The Hall–Kier alpha value is -2.08. The van der Waals surface area contributed by atoms with Gasteiger partial charge in [0.2, 0.25) is 0 Å².